The lowest BCUT2D eigenvalue weighted by Gasteiger charge is -2.37. The van der Waals surface area contributed by atoms with Gasteiger partial charge in [0.1, 0.15) is 4.83 Å². The summed E-state index contributed by atoms with van der Waals surface area (Å²) in [5, 5.41) is 10.1. The maximum absolute atomic E-state index is 13.4. The van der Waals surface area contributed by atoms with Crippen molar-refractivity contribution in [1.29, 1.82) is 0 Å². The summed E-state index contributed by atoms with van der Waals surface area (Å²) in [6.45, 7) is 4.91. The minimum atomic E-state index is -4.47. The van der Waals surface area contributed by atoms with Crippen LogP contribution < -0.4 is 11.2 Å². The Kier molecular flexibility index (Phi) is 7.18. The number of halogens is 3. The van der Waals surface area contributed by atoms with Crippen LogP contribution >= 0.6 is 11.3 Å². The highest BCUT2D eigenvalue weighted by Crippen LogP contribution is 2.32. The van der Waals surface area contributed by atoms with Crippen LogP contribution in [0.15, 0.2) is 9.59 Å². The van der Waals surface area contributed by atoms with Gasteiger partial charge in [0.25, 0.3) is 11.5 Å². The Morgan fingerprint density at radius 3 is 2.50 bits per heavy atom. The first-order valence-corrected chi connectivity index (χ1v) is 11.6. The van der Waals surface area contributed by atoms with E-state index in [1.54, 1.807) is 18.7 Å². The zero-order chi connectivity index (χ0) is 23.8. The van der Waals surface area contributed by atoms with Gasteiger partial charge in [-0.25, -0.2) is 4.79 Å². The summed E-state index contributed by atoms with van der Waals surface area (Å²) in [5.74, 6) is -0.314. The third-order valence-corrected chi connectivity index (χ3v) is 7.30. The van der Waals surface area contributed by atoms with Crippen molar-refractivity contribution in [1.82, 2.24) is 14.0 Å². The van der Waals surface area contributed by atoms with Crippen molar-refractivity contribution in [3.05, 3.63) is 31.3 Å². The predicted molar refractivity (Wildman–Crippen MR) is 116 cm³/mol. The fourth-order valence-electron chi connectivity index (χ4n) is 4.35. The van der Waals surface area contributed by atoms with E-state index < -0.39 is 36.5 Å². The van der Waals surface area contributed by atoms with Crippen LogP contribution in [0.1, 0.15) is 61.2 Å². The molecule has 0 aliphatic carbocycles. The van der Waals surface area contributed by atoms with Crippen molar-refractivity contribution in [2.75, 3.05) is 6.54 Å². The first kappa shape index (κ1) is 24.5. The Bertz CT molecular complexity index is 1120. The molecule has 1 N–H and O–H groups in total. The Balaban J connectivity index is 2.14. The third kappa shape index (κ3) is 4.63. The zero-order valence-electron chi connectivity index (χ0n) is 18.4. The number of hydrogen-bond donors (Lipinski definition) is 1. The van der Waals surface area contributed by atoms with E-state index in [2.05, 4.69) is 0 Å². The molecule has 3 heterocycles. The van der Waals surface area contributed by atoms with Crippen molar-refractivity contribution in [3.8, 4) is 0 Å². The van der Waals surface area contributed by atoms with Gasteiger partial charge in [-0.3, -0.25) is 18.7 Å². The highest BCUT2D eigenvalue weighted by atomic mass is 32.1. The van der Waals surface area contributed by atoms with Crippen molar-refractivity contribution in [2.45, 2.75) is 84.3 Å². The van der Waals surface area contributed by atoms with Crippen LogP contribution in [0.2, 0.25) is 0 Å². The average Bonchev–Trinajstić information content (AvgIpc) is 3.04. The summed E-state index contributed by atoms with van der Waals surface area (Å²) >= 11 is 0.900. The number of aliphatic hydroxyl groups excluding tert-OH is 1. The van der Waals surface area contributed by atoms with E-state index in [0.29, 0.717) is 31.4 Å². The van der Waals surface area contributed by atoms with Gasteiger partial charge in [0.2, 0.25) is 0 Å². The highest BCUT2D eigenvalue weighted by Gasteiger charge is 2.34. The van der Waals surface area contributed by atoms with Crippen LogP contribution in [0.5, 0.6) is 0 Å². The van der Waals surface area contributed by atoms with Gasteiger partial charge in [0.15, 0.2) is 0 Å². The van der Waals surface area contributed by atoms with Crippen LogP contribution in [0.25, 0.3) is 10.2 Å². The van der Waals surface area contributed by atoms with Crippen molar-refractivity contribution >= 4 is 27.5 Å². The van der Waals surface area contributed by atoms with Gasteiger partial charge < -0.3 is 10.0 Å². The van der Waals surface area contributed by atoms with Crippen LogP contribution in [-0.2, 0) is 13.1 Å². The molecular weight excluding hydrogens is 447 g/mol. The molecule has 1 fully saturated rings. The monoisotopic (exact) mass is 475 g/mol. The summed E-state index contributed by atoms with van der Waals surface area (Å²) in [5.41, 5.74) is -1.02. The molecule has 178 valence electrons. The van der Waals surface area contributed by atoms with Gasteiger partial charge in [-0.05, 0) is 38.7 Å². The second-order valence-corrected chi connectivity index (χ2v) is 9.20. The number of nitrogens with zero attached hydrogens (tertiary/aromatic N) is 3. The Labute approximate surface area is 187 Å². The standard InChI is InChI=1S/C21H28F3N3O4S/c1-4-6-13-11-14(28)7-9-26(13)18(30)16-12(3)15-17(29)25(5-2)20(31)27(19(15)32-16)10-8-21(22,23)24/h13-14,28H,4-11H2,1-3H3. The Morgan fingerprint density at radius 2 is 1.91 bits per heavy atom. The molecule has 1 aliphatic heterocycles. The largest absolute Gasteiger partial charge is 0.393 e. The molecule has 2 aromatic heterocycles. The highest BCUT2D eigenvalue weighted by molar-refractivity contribution is 7.20. The molecule has 11 heteroatoms. The molecule has 32 heavy (non-hydrogen) atoms. The number of aliphatic hydroxyl groups is 1. The number of amides is 1. The Hall–Kier alpha value is -2.14. The lowest BCUT2D eigenvalue weighted by Crippen LogP contribution is -2.47. The SMILES string of the molecule is CCCC1CC(O)CCN1C(=O)c1sc2c(c1C)c(=O)n(CC)c(=O)n2CCC(F)(F)F. The summed E-state index contributed by atoms with van der Waals surface area (Å²) in [6.07, 6.45) is -3.73. The number of aromatic nitrogens is 2. The van der Waals surface area contributed by atoms with Gasteiger partial charge in [0.05, 0.1) is 22.8 Å². The molecule has 0 radical (unpaired) electrons. The van der Waals surface area contributed by atoms with Gasteiger partial charge in [-0.2, -0.15) is 13.2 Å². The molecule has 1 saturated heterocycles. The van der Waals surface area contributed by atoms with Crippen molar-refractivity contribution in [3.63, 3.8) is 0 Å². The quantitative estimate of drug-likeness (QED) is 0.695. The summed E-state index contributed by atoms with van der Waals surface area (Å²) in [6, 6.07) is -0.152. The van der Waals surface area contributed by atoms with E-state index in [0.717, 1.165) is 26.9 Å². The maximum atomic E-state index is 13.4. The number of hydrogen-bond acceptors (Lipinski definition) is 5. The summed E-state index contributed by atoms with van der Waals surface area (Å²) in [7, 11) is 0. The number of alkyl halides is 3. The van der Waals surface area contributed by atoms with Crippen molar-refractivity contribution in [2.24, 2.45) is 0 Å². The molecule has 3 rings (SSSR count). The number of rotatable bonds is 6. The van der Waals surface area contributed by atoms with E-state index in [-0.39, 0.29) is 33.6 Å². The number of likely N-dealkylation sites (tertiary alicyclic amines) is 1. The van der Waals surface area contributed by atoms with E-state index in [4.69, 9.17) is 0 Å². The van der Waals surface area contributed by atoms with E-state index in [1.165, 1.54) is 0 Å². The second-order valence-electron chi connectivity index (χ2n) is 8.20. The third-order valence-electron chi connectivity index (χ3n) is 5.99. The maximum Gasteiger partial charge on any atom is 0.390 e. The van der Waals surface area contributed by atoms with Crippen LogP contribution in [0.4, 0.5) is 13.2 Å². The molecule has 2 aromatic rings. The molecule has 0 bridgehead atoms. The lowest BCUT2D eigenvalue weighted by atomic mass is 9.95. The molecule has 7 nitrogen and oxygen atoms in total. The predicted octanol–water partition coefficient (Wildman–Crippen LogP) is 3.27. The second kappa shape index (κ2) is 9.38. The molecule has 2 unspecified atom stereocenters. The lowest BCUT2D eigenvalue weighted by molar-refractivity contribution is -0.136. The van der Waals surface area contributed by atoms with Crippen LogP contribution in [-0.4, -0.2) is 49.9 Å². The van der Waals surface area contributed by atoms with Crippen LogP contribution in [0.3, 0.4) is 0 Å². The molecule has 1 amide bonds. The van der Waals surface area contributed by atoms with E-state index >= 15 is 0 Å². The average molecular weight is 476 g/mol. The fraction of sp³-hybridized carbons (Fsp3) is 0.667. The van der Waals surface area contributed by atoms with Gasteiger partial charge in [-0.15, -0.1) is 11.3 Å². The minimum absolute atomic E-state index is 0.0147. The minimum Gasteiger partial charge on any atom is -0.393 e. The zero-order valence-corrected chi connectivity index (χ0v) is 19.2. The van der Waals surface area contributed by atoms with Gasteiger partial charge >= 0.3 is 11.9 Å². The number of carbonyl (C=O) groups excluding carboxylic acids is 1. The number of piperidine rings is 1. The Morgan fingerprint density at radius 1 is 1.22 bits per heavy atom. The molecular formula is C21H28F3N3O4S. The number of fused-ring (bicyclic) bond motifs is 1. The van der Waals surface area contributed by atoms with Crippen molar-refractivity contribution < 1.29 is 23.1 Å². The van der Waals surface area contributed by atoms with Gasteiger partial charge in [-0.1, -0.05) is 13.3 Å². The number of carbonyl (C=O) groups is 1. The molecule has 1 aliphatic rings. The molecule has 2 atom stereocenters. The summed E-state index contributed by atoms with van der Waals surface area (Å²) in [4.78, 5) is 41.2. The smallest absolute Gasteiger partial charge is 0.390 e. The fourth-order valence-corrected chi connectivity index (χ4v) is 5.62. The topological polar surface area (TPSA) is 84.5 Å². The van der Waals surface area contributed by atoms with Gasteiger partial charge in [0, 0.05) is 25.7 Å². The first-order chi connectivity index (χ1) is 15.0. The number of thiophene rings is 1. The normalized spacial score (nSPS) is 19.7. The molecule has 0 saturated carbocycles. The van der Waals surface area contributed by atoms with E-state index in [1.807, 2.05) is 6.92 Å². The number of aryl methyl sites for hydroxylation is 2. The summed E-state index contributed by atoms with van der Waals surface area (Å²) < 4.78 is 40.5. The van der Waals surface area contributed by atoms with E-state index in [9.17, 15) is 32.7 Å². The van der Waals surface area contributed by atoms with Crippen LogP contribution in [0, 0.1) is 6.92 Å². The molecule has 0 aromatic carbocycles. The molecule has 0 spiro atoms. The first-order valence-electron chi connectivity index (χ1n) is 10.8.